The lowest BCUT2D eigenvalue weighted by Gasteiger charge is -2.07. The normalized spacial score (nSPS) is 10.9. The van der Waals surface area contributed by atoms with E-state index in [1.807, 2.05) is 42.5 Å². The van der Waals surface area contributed by atoms with Gasteiger partial charge in [-0.2, -0.15) is 5.10 Å². The Bertz CT molecular complexity index is 839. The van der Waals surface area contributed by atoms with Gasteiger partial charge in [-0.3, -0.25) is 4.79 Å². The first kappa shape index (κ1) is 16.0. The summed E-state index contributed by atoms with van der Waals surface area (Å²) in [5, 5.41) is 7.76. The van der Waals surface area contributed by atoms with E-state index in [1.54, 1.807) is 35.2 Å². The molecule has 0 radical (unpaired) electrons. The summed E-state index contributed by atoms with van der Waals surface area (Å²) < 4.78 is 1.75. The molecule has 3 aromatic rings. The fourth-order valence-corrected chi connectivity index (χ4v) is 2.36. The van der Waals surface area contributed by atoms with Gasteiger partial charge in [0.1, 0.15) is 5.82 Å². The van der Waals surface area contributed by atoms with Crippen LogP contribution in [0.3, 0.4) is 0 Å². The standard InChI is InChI=1S/C19H16ClN3O/c20-17-9-6-15(7-10-17)8-11-19(24)22-18-12-13-21-23(18)14-16-4-2-1-3-5-16/h1-13H,14H2,(H,22,24). The Morgan fingerprint density at radius 3 is 2.58 bits per heavy atom. The highest BCUT2D eigenvalue weighted by Gasteiger charge is 2.05. The zero-order valence-electron chi connectivity index (χ0n) is 12.9. The van der Waals surface area contributed by atoms with E-state index in [1.165, 1.54) is 6.08 Å². The molecule has 0 fully saturated rings. The van der Waals surface area contributed by atoms with Crippen LogP contribution in [0.5, 0.6) is 0 Å². The summed E-state index contributed by atoms with van der Waals surface area (Å²) in [6.45, 7) is 0.602. The molecule has 5 heteroatoms. The molecule has 0 atom stereocenters. The van der Waals surface area contributed by atoms with E-state index in [-0.39, 0.29) is 5.91 Å². The van der Waals surface area contributed by atoms with E-state index in [2.05, 4.69) is 10.4 Å². The molecule has 1 aromatic heterocycles. The van der Waals surface area contributed by atoms with E-state index in [4.69, 9.17) is 11.6 Å². The van der Waals surface area contributed by atoms with E-state index in [0.717, 1.165) is 11.1 Å². The van der Waals surface area contributed by atoms with Crippen LogP contribution in [0.4, 0.5) is 5.82 Å². The second kappa shape index (κ2) is 7.62. The molecule has 3 rings (SSSR count). The van der Waals surface area contributed by atoms with Gasteiger partial charge in [0.05, 0.1) is 12.7 Å². The molecule has 0 saturated heterocycles. The first-order chi connectivity index (χ1) is 11.7. The number of halogens is 1. The Morgan fingerprint density at radius 1 is 1.08 bits per heavy atom. The molecule has 0 unspecified atom stereocenters. The second-order valence-corrected chi connectivity index (χ2v) is 5.67. The molecular weight excluding hydrogens is 322 g/mol. The summed E-state index contributed by atoms with van der Waals surface area (Å²) in [7, 11) is 0. The molecule has 24 heavy (non-hydrogen) atoms. The lowest BCUT2D eigenvalue weighted by molar-refractivity contribution is -0.111. The second-order valence-electron chi connectivity index (χ2n) is 5.23. The summed E-state index contributed by atoms with van der Waals surface area (Å²) in [5.74, 6) is 0.448. The zero-order chi connectivity index (χ0) is 16.8. The monoisotopic (exact) mass is 337 g/mol. The predicted octanol–water partition coefficient (Wildman–Crippen LogP) is 4.24. The van der Waals surface area contributed by atoms with Crippen LogP contribution in [-0.2, 0) is 11.3 Å². The summed E-state index contributed by atoms with van der Waals surface area (Å²) in [6.07, 6.45) is 4.90. The summed E-state index contributed by atoms with van der Waals surface area (Å²) in [6, 6.07) is 19.0. The molecule has 0 aliphatic carbocycles. The Labute approximate surface area is 145 Å². The number of anilines is 1. The maximum Gasteiger partial charge on any atom is 0.249 e. The van der Waals surface area contributed by atoms with Crippen molar-refractivity contribution in [3.63, 3.8) is 0 Å². The van der Waals surface area contributed by atoms with Crippen LogP contribution in [0.1, 0.15) is 11.1 Å². The number of aromatic nitrogens is 2. The van der Waals surface area contributed by atoms with Gasteiger partial charge in [-0.05, 0) is 29.3 Å². The van der Waals surface area contributed by atoms with E-state index < -0.39 is 0 Å². The van der Waals surface area contributed by atoms with Gasteiger partial charge >= 0.3 is 0 Å². The smallest absolute Gasteiger partial charge is 0.249 e. The van der Waals surface area contributed by atoms with Crippen molar-refractivity contribution in [3.8, 4) is 0 Å². The largest absolute Gasteiger partial charge is 0.307 e. The van der Waals surface area contributed by atoms with Crippen molar-refractivity contribution in [1.29, 1.82) is 0 Å². The van der Waals surface area contributed by atoms with Crippen molar-refractivity contribution in [1.82, 2.24) is 9.78 Å². The molecule has 4 nitrogen and oxygen atoms in total. The molecule has 1 N–H and O–H groups in total. The van der Waals surface area contributed by atoms with Crippen LogP contribution in [-0.4, -0.2) is 15.7 Å². The highest BCUT2D eigenvalue weighted by Crippen LogP contribution is 2.12. The maximum atomic E-state index is 12.1. The summed E-state index contributed by atoms with van der Waals surface area (Å²) in [4.78, 5) is 12.1. The Balaban J connectivity index is 1.65. The van der Waals surface area contributed by atoms with Gasteiger partial charge in [0.2, 0.25) is 5.91 Å². The molecule has 0 spiro atoms. The third kappa shape index (κ3) is 4.33. The number of hydrogen-bond acceptors (Lipinski definition) is 2. The zero-order valence-corrected chi connectivity index (χ0v) is 13.6. The number of nitrogens with zero attached hydrogens (tertiary/aromatic N) is 2. The van der Waals surface area contributed by atoms with Crippen LogP contribution in [0.2, 0.25) is 5.02 Å². The topological polar surface area (TPSA) is 46.9 Å². The van der Waals surface area contributed by atoms with Gasteiger partial charge in [0.25, 0.3) is 0 Å². The van der Waals surface area contributed by atoms with Crippen molar-refractivity contribution in [3.05, 3.63) is 89.1 Å². The maximum absolute atomic E-state index is 12.1. The molecule has 0 saturated carbocycles. The number of amides is 1. The third-order valence-electron chi connectivity index (χ3n) is 3.44. The van der Waals surface area contributed by atoms with Gasteiger partial charge in [-0.25, -0.2) is 4.68 Å². The number of carbonyl (C=O) groups excluding carboxylic acids is 1. The SMILES string of the molecule is O=C(C=Cc1ccc(Cl)cc1)Nc1ccnn1Cc1ccccc1. The van der Waals surface area contributed by atoms with Gasteiger partial charge in [-0.1, -0.05) is 54.1 Å². The lowest BCUT2D eigenvalue weighted by atomic mass is 10.2. The van der Waals surface area contributed by atoms with Gasteiger partial charge in [-0.15, -0.1) is 0 Å². The van der Waals surface area contributed by atoms with E-state index >= 15 is 0 Å². The Morgan fingerprint density at radius 2 is 1.83 bits per heavy atom. The summed E-state index contributed by atoms with van der Waals surface area (Å²) in [5.41, 5.74) is 2.03. The number of benzene rings is 2. The van der Waals surface area contributed by atoms with Gasteiger partial charge in [0, 0.05) is 17.2 Å². The Kier molecular flexibility index (Phi) is 5.08. The van der Waals surface area contributed by atoms with E-state index in [0.29, 0.717) is 17.4 Å². The first-order valence-electron chi connectivity index (χ1n) is 7.51. The third-order valence-corrected chi connectivity index (χ3v) is 3.69. The minimum absolute atomic E-state index is 0.209. The van der Waals surface area contributed by atoms with Crippen LogP contribution >= 0.6 is 11.6 Å². The molecule has 0 aliphatic heterocycles. The minimum Gasteiger partial charge on any atom is -0.307 e. The predicted molar refractivity (Wildman–Crippen MR) is 96.9 cm³/mol. The van der Waals surface area contributed by atoms with Crippen LogP contribution in [0, 0.1) is 0 Å². The molecule has 120 valence electrons. The lowest BCUT2D eigenvalue weighted by Crippen LogP contribution is -2.13. The van der Waals surface area contributed by atoms with Crippen molar-refractivity contribution >= 4 is 29.4 Å². The van der Waals surface area contributed by atoms with Crippen molar-refractivity contribution < 1.29 is 4.79 Å². The van der Waals surface area contributed by atoms with Crippen molar-refractivity contribution in [2.75, 3.05) is 5.32 Å². The first-order valence-corrected chi connectivity index (χ1v) is 7.89. The number of nitrogens with one attached hydrogen (secondary N) is 1. The number of rotatable bonds is 5. The van der Waals surface area contributed by atoms with Gasteiger partial charge < -0.3 is 5.32 Å². The molecule has 1 amide bonds. The summed E-state index contributed by atoms with van der Waals surface area (Å²) >= 11 is 5.84. The number of hydrogen-bond donors (Lipinski definition) is 1. The number of carbonyl (C=O) groups is 1. The average molecular weight is 338 g/mol. The van der Waals surface area contributed by atoms with Gasteiger partial charge in [0.15, 0.2) is 0 Å². The Hall–Kier alpha value is -2.85. The molecule has 0 bridgehead atoms. The minimum atomic E-state index is -0.209. The fourth-order valence-electron chi connectivity index (χ4n) is 2.23. The highest BCUT2D eigenvalue weighted by atomic mass is 35.5. The van der Waals surface area contributed by atoms with Crippen LogP contribution in [0.25, 0.3) is 6.08 Å². The quantitative estimate of drug-likeness (QED) is 0.708. The fraction of sp³-hybridized carbons (Fsp3) is 0.0526. The van der Waals surface area contributed by atoms with E-state index in [9.17, 15) is 4.79 Å². The van der Waals surface area contributed by atoms with Crippen LogP contribution in [0.15, 0.2) is 72.9 Å². The highest BCUT2D eigenvalue weighted by molar-refractivity contribution is 6.30. The molecular formula is C19H16ClN3O. The van der Waals surface area contributed by atoms with Crippen molar-refractivity contribution in [2.24, 2.45) is 0 Å². The molecule has 0 aliphatic rings. The molecule has 1 heterocycles. The van der Waals surface area contributed by atoms with Crippen LogP contribution < -0.4 is 5.32 Å². The van der Waals surface area contributed by atoms with Crippen molar-refractivity contribution in [2.45, 2.75) is 6.54 Å². The average Bonchev–Trinajstić information content (AvgIpc) is 3.02. The molecule has 2 aromatic carbocycles.